The lowest BCUT2D eigenvalue weighted by Crippen LogP contribution is -2.45. The molecule has 0 saturated heterocycles. The van der Waals surface area contributed by atoms with Crippen LogP contribution in [-0.4, -0.2) is 73.4 Å². The van der Waals surface area contributed by atoms with Crippen molar-refractivity contribution in [2.45, 2.75) is 122 Å². The van der Waals surface area contributed by atoms with Gasteiger partial charge in [-0.25, -0.2) is 4.57 Å². The maximum absolute atomic E-state index is 12.5. The molecule has 37 heavy (non-hydrogen) atoms. The average molecular weight is 550 g/mol. The van der Waals surface area contributed by atoms with Gasteiger partial charge in [0.2, 0.25) is 5.91 Å². The van der Waals surface area contributed by atoms with E-state index in [2.05, 4.69) is 19.2 Å². The summed E-state index contributed by atoms with van der Waals surface area (Å²) in [6.07, 6.45) is 18.8. The number of likely N-dealkylation sites (N-methyl/N-ethyl adjacent to an activating group) is 1. The number of quaternary nitrogens is 1. The number of aliphatic hydroxyl groups is 1. The zero-order valence-corrected chi connectivity index (χ0v) is 25.4. The topological polar surface area (TPSA) is 105 Å². The molecular formula is C28H58N2O6P+. The quantitative estimate of drug-likeness (QED) is 0.0548. The lowest BCUT2D eigenvalue weighted by atomic mass is 10.1. The Hall–Kier alpha value is -0.760. The van der Waals surface area contributed by atoms with Gasteiger partial charge in [-0.05, 0) is 19.3 Å². The molecule has 9 heteroatoms. The smallest absolute Gasteiger partial charge is 0.387 e. The number of hydrogen-bond donors (Lipinski definition) is 3. The molecule has 3 atom stereocenters. The summed E-state index contributed by atoms with van der Waals surface area (Å²) in [6, 6.07) is -0.833. The minimum Gasteiger partial charge on any atom is -0.387 e. The minimum absolute atomic E-state index is 0.0624. The molecule has 0 aliphatic heterocycles. The fraction of sp³-hybridized carbons (Fsp3) is 0.893. The Morgan fingerprint density at radius 3 is 2.00 bits per heavy atom. The number of amides is 1. The van der Waals surface area contributed by atoms with Crippen molar-refractivity contribution >= 4 is 13.7 Å². The molecule has 0 aliphatic carbocycles. The van der Waals surface area contributed by atoms with Gasteiger partial charge in [0.25, 0.3) is 0 Å². The molecule has 1 amide bonds. The van der Waals surface area contributed by atoms with Gasteiger partial charge in [0, 0.05) is 6.42 Å². The summed E-state index contributed by atoms with van der Waals surface area (Å²) in [7, 11) is 1.56. The van der Waals surface area contributed by atoms with Gasteiger partial charge in [-0.1, -0.05) is 96.6 Å². The van der Waals surface area contributed by atoms with Crippen LogP contribution in [0.1, 0.15) is 110 Å². The number of aliphatic hydroxyl groups excluding tert-OH is 1. The van der Waals surface area contributed by atoms with Gasteiger partial charge in [0.05, 0.1) is 39.9 Å². The molecule has 8 nitrogen and oxygen atoms in total. The molecular weight excluding hydrogens is 491 g/mol. The highest BCUT2D eigenvalue weighted by atomic mass is 31.2. The van der Waals surface area contributed by atoms with Crippen LogP contribution in [0.4, 0.5) is 0 Å². The van der Waals surface area contributed by atoms with E-state index in [0.717, 1.165) is 44.9 Å². The van der Waals surface area contributed by atoms with Crippen molar-refractivity contribution in [3.05, 3.63) is 12.2 Å². The summed E-state index contributed by atoms with van der Waals surface area (Å²) in [6.45, 7) is 4.64. The van der Waals surface area contributed by atoms with Crippen LogP contribution in [0.25, 0.3) is 0 Å². The molecule has 0 bridgehead atoms. The van der Waals surface area contributed by atoms with Crippen LogP contribution in [0.15, 0.2) is 12.2 Å². The first kappa shape index (κ1) is 36.2. The summed E-state index contributed by atoms with van der Waals surface area (Å²) in [5.74, 6) is -0.190. The Morgan fingerprint density at radius 2 is 1.43 bits per heavy atom. The molecule has 0 rings (SSSR count). The first-order valence-electron chi connectivity index (χ1n) is 14.6. The van der Waals surface area contributed by atoms with E-state index >= 15 is 0 Å². The van der Waals surface area contributed by atoms with Crippen molar-refractivity contribution in [2.75, 3.05) is 40.9 Å². The molecule has 0 aliphatic rings. The van der Waals surface area contributed by atoms with Crippen LogP contribution < -0.4 is 5.32 Å². The highest BCUT2D eigenvalue weighted by molar-refractivity contribution is 7.47. The molecule has 0 saturated carbocycles. The van der Waals surface area contributed by atoms with Gasteiger partial charge >= 0.3 is 7.82 Å². The van der Waals surface area contributed by atoms with Crippen LogP contribution >= 0.6 is 7.82 Å². The summed E-state index contributed by atoms with van der Waals surface area (Å²) < 4.78 is 23.1. The fourth-order valence-corrected chi connectivity index (χ4v) is 4.54. The van der Waals surface area contributed by atoms with E-state index in [1.165, 1.54) is 44.9 Å². The highest BCUT2D eigenvalue weighted by Gasteiger charge is 2.27. The van der Waals surface area contributed by atoms with E-state index in [4.69, 9.17) is 9.05 Å². The minimum atomic E-state index is -4.30. The van der Waals surface area contributed by atoms with Crippen molar-refractivity contribution < 1.29 is 32.9 Å². The van der Waals surface area contributed by atoms with Gasteiger partial charge in [-0.15, -0.1) is 0 Å². The number of carbonyl (C=O) groups excluding carboxylic acids is 1. The Labute approximate surface area is 227 Å². The standard InChI is InChI=1S/C28H57N2O6P/c1-6-8-10-12-13-14-15-16-18-20-22-28(32)29-26(27(31)21-19-17-11-9-7-2)25-36-37(33,34)35-24-23-30(3,4)5/h19,21,26-27,31H,6-18,20,22-25H2,1-5H3,(H-,29,32,33,34)/p+1/b21-19+. The monoisotopic (exact) mass is 549 g/mol. The number of phosphoric ester groups is 1. The molecule has 0 fully saturated rings. The van der Waals surface area contributed by atoms with Gasteiger partial charge in [0.15, 0.2) is 0 Å². The van der Waals surface area contributed by atoms with E-state index in [0.29, 0.717) is 17.4 Å². The number of nitrogens with zero attached hydrogens (tertiary/aromatic N) is 1. The molecule has 3 unspecified atom stereocenters. The Kier molecular flexibility index (Phi) is 21.6. The Balaban J connectivity index is 4.58. The molecule has 0 spiro atoms. The first-order valence-corrected chi connectivity index (χ1v) is 16.1. The van der Waals surface area contributed by atoms with Crippen LogP contribution in [-0.2, 0) is 18.4 Å². The zero-order chi connectivity index (χ0) is 28.0. The zero-order valence-electron chi connectivity index (χ0n) is 24.5. The average Bonchev–Trinajstić information content (AvgIpc) is 2.81. The fourth-order valence-electron chi connectivity index (χ4n) is 3.80. The van der Waals surface area contributed by atoms with Crippen LogP contribution in [0, 0.1) is 0 Å². The van der Waals surface area contributed by atoms with Crippen molar-refractivity contribution in [1.82, 2.24) is 5.32 Å². The van der Waals surface area contributed by atoms with E-state index in [1.54, 1.807) is 6.08 Å². The highest BCUT2D eigenvalue weighted by Crippen LogP contribution is 2.43. The van der Waals surface area contributed by atoms with E-state index in [-0.39, 0.29) is 19.1 Å². The maximum atomic E-state index is 12.5. The second kappa shape index (κ2) is 22.1. The lowest BCUT2D eigenvalue weighted by molar-refractivity contribution is -0.870. The van der Waals surface area contributed by atoms with Crippen LogP contribution in [0.5, 0.6) is 0 Å². The molecule has 3 N–H and O–H groups in total. The largest absolute Gasteiger partial charge is 0.472 e. The van der Waals surface area contributed by atoms with Crippen molar-refractivity contribution in [1.29, 1.82) is 0 Å². The SMILES string of the molecule is CCCCC/C=C/C(O)C(COP(=O)(O)OCC[N+](C)(C)C)NC(=O)CCCCCCCCCCCC. The number of unbranched alkanes of at least 4 members (excludes halogenated alkanes) is 12. The molecule has 0 aromatic heterocycles. The predicted molar refractivity (Wildman–Crippen MR) is 152 cm³/mol. The van der Waals surface area contributed by atoms with Crippen LogP contribution in [0.2, 0.25) is 0 Å². The summed E-state index contributed by atoms with van der Waals surface area (Å²) in [5, 5.41) is 13.4. The second-order valence-corrected chi connectivity index (χ2v) is 12.6. The van der Waals surface area contributed by atoms with Gasteiger partial charge in [-0.2, -0.15) is 0 Å². The predicted octanol–water partition coefficient (Wildman–Crippen LogP) is 6.12. The molecule has 0 aromatic carbocycles. The second-order valence-electron chi connectivity index (χ2n) is 11.1. The number of phosphoric acid groups is 1. The Bertz CT molecular complexity index is 639. The molecule has 0 radical (unpaired) electrons. The molecule has 0 aromatic rings. The number of carbonyl (C=O) groups is 1. The van der Waals surface area contributed by atoms with Crippen molar-refractivity contribution in [3.8, 4) is 0 Å². The lowest BCUT2D eigenvalue weighted by Gasteiger charge is -2.25. The van der Waals surface area contributed by atoms with Crippen LogP contribution in [0.3, 0.4) is 0 Å². The number of allylic oxidation sites excluding steroid dienone is 1. The van der Waals surface area contributed by atoms with Gasteiger partial charge in [-0.3, -0.25) is 13.8 Å². The van der Waals surface area contributed by atoms with E-state index in [1.807, 2.05) is 27.2 Å². The maximum Gasteiger partial charge on any atom is 0.472 e. The van der Waals surface area contributed by atoms with Crippen molar-refractivity contribution in [3.63, 3.8) is 0 Å². The first-order chi connectivity index (χ1) is 17.5. The molecule has 220 valence electrons. The van der Waals surface area contributed by atoms with Gasteiger partial charge < -0.3 is 19.8 Å². The van der Waals surface area contributed by atoms with Crippen molar-refractivity contribution in [2.24, 2.45) is 0 Å². The third-order valence-corrected chi connectivity index (χ3v) is 7.24. The number of hydrogen-bond acceptors (Lipinski definition) is 5. The summed E-state index contributed by atoms with van der Waals surface area (Å²) >= 11 is 0. The van der Waals surface area contributed by atoms with E-state index in [9.17, 15) is 19.4 Å². The Morgan fingerprint density at radius 1 is 0.892 bits per heavy atom. The third kappa shape index (κ3) is 24.0. The summed E-state index contributed by atoms with van der Waals surface area (Å²) in [5.41, 5.74) is 0. The number of nitrogens with one attached hydrogen (secondary N) is 1. The third-order valence-electron chi connectivity index (χ3n) is 6.26. The molecule has 0 heterocycles. The normalized spacial score (nSPS) is 15.5. The van der Waals surface area contributed by atoms with E-state index < -0.39 is 20.0 Å². The number of rotatable bonds is 25. The summed E-state index contributed by atoms with van der Waals surface area (Å²) in [4.78, 5) is 22.6. The van der Waals surface area contributed by atoms with Gasteiger partial charge in [0.1, 0.15) is 13.2 Å².